The van der Waals surface area contributed by atoms with Crippen molar-refractivity contribution in [1.82, 2.24) is 10.9 Å². The van der Waals surface area contributed by atoms with Crippen molar-refractivity contribution in [3.8, 4) is 5.75 Å². The van der Waals surface area contributed by atoms with Crippen molar-refractivity contribution >= 4 is 11.8 Å². The van der Waals surface area contributed by atoms with Crippen LogP contribution in [0.4, 0.5) is 0 Å². The summed E-state index contributed by atoms with van der Waals surface area (Å²) in [6.45, 7) is 6.34. The van der Waals surface area contributed by atoms with Gasteiger partial charge in [0.1, 0.15) is 5.75 Å². The molecule has 2 aromatic rings. The van der Waals surface area contributed by atoms with Crippen molar-refractivity contribution in [3.05, 3.63) is 65.2 Å². The molecule has 0 heterocycles. The highest BCUT2D eigenvalue weighted by atomic mass is 16.5. The summed E-state index contributed by atoms with van der Waals surface area (Å²) in [6, 6.07) is 14.6. The maximum Gasteiger partial charge on any atom is 0.269 e. The van der Waals surface area contributed by atoms with Gasteiger partial charge in [-0.1, -0.05) is 45.0 Å². The molecule has 0 unspecified atom stereocenters. The van der Waals surface area contributed by atoms with Gasteiger partial charge in [-0.05, 0) is 40.8 Å². The van der Waals surface area contributed by atoms with E-state index in [2.05, 4.69) is 31.6 Å². The topological polar surface area (TPSA) is 67.4 Å². The molecule has 0 aliphatic heterocycles. The van der Waals surface area contributed by atoms with Crippen LogP contribution in [0.3, 0.4) is 0 Å². The minimum atomic E-state index is -0.344. The van der Waals surface area contributed by atoms with E-state index in [4.69, 9.17) is 4.74 Å². The van der Waals surface area contributed by atoms with Gasteiger partial charge in [0.2, 0.25) is 5.91 Å². The molecule has 0 aliphatic rings. The summed E-state index contributed by atoms with van der Waals surface area (Å²) in [4.78, 5) is 24.0. The fraction of sp³-hybridized carbons (Fsp3) is 0.300. The van der Waals surface area contributed by atoms with Gasteiger partial charge in [-0.2, -0.15) is 0 Å². The molecule has 0 bridgehead atoms. The normalized spacial score (nSPS) is 10.9. The van der Waals surface area contributed by atoms with Gasteiger partial charge in [0.25, 0.3) is 5.91 Å². The van der Waals surface area contributed by atoms with Gasteiger partial charge in [-0.15, -0.1) is 0 Å². The van der Waals surface area contributed by atoms with Gasteiger partial charge in [-0.3, -0.25) is 20.4 Å². The van der Waals surface area contributed by atoms with Crippen molar-refractivity contribution in [2.24, 2.45) is 0 Å². The lowest BCUT2D eigenvalue weighted by atomic mass is 9.87. The Balaban J connectivity index is 1.87. The van der Waals surface area contributed by atoms with Gasteiger partial charge in [-0.25, -0.2) is 0 Å². The summed E-state index contributed by atoms with van der Waals surface area (Å²) < 4.78 is 5.07. The van der Waals surface area contributed by atoms with Crippen LogP contribution < -0.4 is 15.6 Å². The monoisotopic (exact) mass is 340 g/mol. The van der Waals surface area contributed by atoms with Crippen molar-refractivity contribution < 1.29 is 14.3 Å². The van der Waals surface area contributed by atoms with E-state index in [1.807, 2.05) is 24.3 Å². The molecule has 0 spiro atoms. The van der Waals surface area contributed by atoms with Gasteiger partial charge in [0.05, 0.1) is 13.5 Å². The number of hydrogen-bond acceptors (Lipinski definition) is 3. The number of rotatable bonds is 4. The second-order valence-electron chi connectivity index (χ2n) is 6.85. The maximum atomic E-state index is 12.1. The number of ether oxygens (including phenoxy) is 1. The molecule has 0 aromatic heterocycles. The van der Waals surface area contributed by atoms with Gasteiger partial charge in [0, 0.05) is 5.56 Å². The van der Waals surface area contributed by atoms with Crippen LogP contribution in [0, 0.1) is 0 Å². The third-order valence-electron chi connectivity index (χ3n) is 3.85. The first kappa shape index (κ1) is 18.5. The van der Waals surface area contributed by atoms with Gasteiger partial charge < -0.3 is 4.74 Å². The molecule has 25 heavy (non-hydrogen) atoms. The Morgan fingerprint density at radius 2 is 1.52 bits per heavy atom. The molecule has 2 N–H and O–H groups in total. The van der Waals surface area contributed by atoms with Crippen LogP contribution in [0.2, 0.25) is 0 Å². The number of carbonyl (C=O) groups is 2. The van der Waals surface area contributed by atoms with Crippen LogP contribution in [-0.4, -0.2) is 18.9 Å². The summed E-state index contributed by atoms with van der Waals surface area (Å²) in [5.41, 5.74) is 7.38. The van der Waals surface area contributed by atoms with Crippen LogP contribution in [0.15, 0.2) is 48.5 Å². The van der Waals surface area contributed by atoms with Crippen LogP contribution in [-0.2, 0) is 16.6 Å². The first-order chi connectivity index (χ1) is 11.8. The largest absolute Gasteiger partial charge is 0.497 e. The lowest BCUT2D eigenvalue weighted by Gasteiger charge is -2.19. The predicted molar refractivity (Wildman–Crippen MR) is 97.4 cm³/mol. The van der Waals surface area contributed by atoms with Crippen molar-refractivity contribution in [1.29, 1.82) is 0 Å². The average molecular weight is 340 g/mol. The average Bonchev–Trinajstić information content (AvgIpc) is 2.59. The Kier molecular flexibility index (Phi) is 5.80. The molecule has 2 amide bonds. The highest BCUT2D eigenvalue weighted by Crippen LogP contribution is 2.22. The molecular formula is C20H24N2O3. The molecule has 2 rings (SSSR count). The Morgan fingerprint density at radius 1 is 0.920 bits per heavy atom. The first-order valence-corrected chi connectivity index (χ1v) is 8.12. The standard InChI is InChI=1S/C20H24N2O3/c1-20(2,3)16-9-7-15(8-10-16)19(24)22-21-18(23)13-14-5-11-17(25-4)12-6-14/h5-12H,13H2,1-4H3,(H,21,23)(H,22,24). The van der Waals surface area contributed by atoms with Crippen molar-refractivity contribution in [2.75, 3.05) is 7.11 Å². The maximum absolute atomic E-state index is 12.1. The minimum Gasteiger partial charge on any atom is -0.497 e. The Labute approximate surface area is 148 Å². The number of methoxy groups -OCH3 is 1. The van der Waals surface area contributed by atoms with Crippen molar-refractivity contribution in [2.45, 2.75) is 32.6 Å². The van der Waals surface area contributed by atoms with E-state index >= 15 is 0 Å². The summed E-state index contributed by atoms with van der Waals surface area (Å²) in [6.07, 6.45) is 0.174. The summed E-state index contributed by atoms with van der Waals surface area (Å²) in [5.74, 6) is 0.101. The lowest BCUT2D eigenvalue weighted by Crippen LogP contribution is -2.42. The van der Waals surface area contributed by atoms with Crippen molar-refractivity contribution in [3.63, 3.8) is 0 Å². The number of carbonyl (C=O) groups excluding carboxylic acids is 2. The molecule has 5 nitrogen and oxygen atoms in total. The second kappa shape index (κ2) is 7.83. The van der Waals surface area contributed by atoms with Crippen LogP contribution >= 0.6 is 0 Å². The molecule has 0 saturated carbocycles. The molecule has 5 heteroatoms. The number of nitrogens with one attached hydrogen (secondary N) is 2. The number of benzene rings is 2. The minimum absolute atomic E-state index is 0.0294. The van der Waals surface area contributed by atoms with E-state index in [0.717, 1.165) is 16.9 Å². The SMILES string of the molecule is COc1ccc(CC(=O)NNC(=O)c2ccc(C(C)(C)C)cc2)cc1. The molecule has 2 aromatic carbocycles. The highest BCUT2D eigenvalue weighted by molar-refractivity contribution is 5.95. The fourth-order valence-corrected chi connectivity index (χ4v) is 2.29. The van der Waals surface area contributed by atoms with Crippen LogP contribution in [0.1, 0.15) is 42.3 Å². The number of hydrogen-bond donors (Lipinski definition) is 2. The van der Waals surface area contributed by atoms with E-state index in [-0.39, 0.29) is 23.7 Å². The molecule has 0 saturated heterocycles. The van der Waals surface area contributed by atoms with E-state index in [1.54, 1.807) is 31.4 Å². The molecule has 0 aliphatic carbocycles. The summed E-state index contributed by atoms with van der Waals surface area (Å²) in [7, 11) is 1.59. The zero-order chi connectivity index (χ0) is 18.4. The van der Waals surface area contributed by atoms with E-state index < -0.39 is 0 Å². The Bertz CT molecular complexity index is 729. The molecule has 132 valence electrons. The van der Waals surface area contributed by atoms with Gasteiger partial charge >= 0.3 is 0 Å². The molecule has 0 radical (unpaired) electrons. The number of hydrazine groups is 1. The summed E-state index contributed by atoms with van der Waals surface area (Å²) in [5, 5.41) is 0. The fourth-order valence-electron chi connectivity index (χ4n) is 2.29. The zero-order valence-corrected chi connectivity index (χ0v) is 15.1. The third-order valence-corrected chi connectivity index (χ3v) is 3.85. The third kappa shape index (κ3) is 5.35. The smallest absolute Gasteiger partial charge is 0.269 e. The predicted octanol–water partition coefficient (Wildman–Crippen LogP) is 3.00. The second-order valence-corrected chi connectivity index (χ2v) is 6.85. The van der Waals surface area contributed by atoms with Gasteiger partial charge in [0.15, 0.2) is 0 Å². The zero-order valence-electron chi connectivity index (χ0n) is 15.1. The Morgan fingerprint density at radius 3 is 2.04 bits per heavy atom. The first-order valence-electron chi connectivity index (χ1n) is 8.12. The molecule has 0 atom stereocenters. The Hall–Kier alpha value is -2.82. The van der Waals surface area contributed by atoms with Crippen LogP contribution in [0.5, 0.6) is 5.75 Å². The van der Waals surface area contributed by atoms with Crippen LogP contribution in [0.25, 0.3) is 0 Å². The summed E-state index contributed by atoms with van der Waals surface area (Å²) >= 11 is 0. The highest BCUT2D eigenvalue weighted by Gasteiger charge is 2.14. The molecule has 0 fully saturated rings. The molecular weight excluding hydrogens is 316 g/mol. The van der Waals surface area contributed by atoms with E-state index in [0.29, 0.717) is 5.56 Å². The quantitative estimate of drug-likeness (QED) is 0.841. The van der Waals surface area contributed by atoms with E-state index in [9.17, 15) is 9.59 Å². The lowest BCUT2D eigenvalue weighted by molar-refractivity contribution is -0.121. The number of amides is 2. The van der Waals surface area contributed by atoms with E-state index in [1.165, 1.54) is 0 Å².